The average molecular weight is 333 g/mol. The van der Waals surface area contributed by atoms with Crippen LogP contribution in [-0.2, 0) is 16.1 Å². The topological polar surface area (TPSA) is 38.8 Å². The molecule has 0 saturated carbocycles. The first kappa shape index (κ1) is 18.8. The third-order valence-electron chi connectivity index (χ3n) is 4.27. The van der Waals surface area contributed by atoms with E-state index in [4.69, 9.17) is 9.47 Å². The van der Waals surface area contributed by atoms with Crippen molar-refractivity contribution in [2.45, 2.75) is 77.7 Å². The normalized spacial score (nSPS) is 21.1. The summed E-state index contributed by atoms with van der Waals surface area (Å²) in [5, 5.41) is 0. The minimum Gasteiger partial charge on any atom is -0.444 e. The van der Waals surface area contributed by atoms with E-state index < -0.39 is 5.60 Å². The van der Waals surface area contributed by atoms with Crippen molar-refractivity contribution < 1.29 is 14.3 Å². The fourth-order valence-corrected chi connectivity index (χ4v) is 3.10. The van der Waals surface area contributed by atoms with Crippen LogP contribution in [0.1, 0.15) is 58.9 Å². The summed E-state index contributed by atoms with van der Waals surface area (Å²) in [6, 6.07) is 10.3. The van der Waals surface area contributed by atoms with Crippen LogP contribution >= 0.6 is 0 Å². The lowest BCUT2D eigenvalue weighted by atomic mass is 10.1. The van der Waals surface area contributed by atoms with Gasteiger partial charge in [0.1, 0.15) is 5.60 Å². The lowest BCUT2D eigenvalue weighted by molar-refractivity contribution is -0.00642. The molecule has 4 nitrogen and oxygen atoms in total. The number of ether oxygens (including phenoxy) is 2. The minimum atomic E-state index is -0.463. The van der Waals surface area contributed by atoms with Gasteiger partial charge in [-0.15, -0.1) is 0 Å². The van der Waals surface area contributed by atoms with E-state index >= 15 is 0 Å². The molecule has 1 heterocycles. The van der Waals surface area contributed by atoms with Crippen LogP contribution in [0, 0.1) is 0 Å². The predicted octanol–water partition coefficient (Wildman–Crippen LogP) is 4.77. The van der Waals surface area contributed by atoms with Crippen LogP contribution in [0.25, 0.3) is 0 Å². The number of likely N-dealkylation sites (tertiary alicyclic amines) is 1. The molecule has 0 spiro atoms. The Morgan fingerprint density at radius 1 is 1.25 bits per heavy atom. The molecule has 0 radical (unpaired) electrons. The van der Waals surface area contributed by atoms with Gasteiger partial charge in [-0.05, 0) is 39.2 Å². The molecule has 1 saturated heterocycles. The number of hydrogen-bond acceptors (Lipinski definition) is 3. The summed E-state index contributed by atoms with van der Waals surface area (Å²) in [5.41, 5.74) is 0.706. The molecule has 1 aromatic carbocycles. The van der Waals surface area contributed by atoms with Gasteiger partial charge >= 0.3 is 6.09 Å². The Kier molecular flexibility index (Phi) is 6.67. The van der Waals surface area contributed by atoms with Gasteiger partial charge in [0.25, 0.3) is 0 Å². The zero-order valence-corrected chi connectivity index (χ0v) is 15.5. The SMILES string of the molecule is CCCCC1C(OCc2ccccc2)CCN1C(=O)OC(C)(C)C. The van der Waals surface area contributed by atoms with Crippen molar-refractivity contribution >= 4 is 6.09 Å². The lowest BCUT2D eigenvalue weighted by Gasteiger charge is -2.30. The molecule has 1 aliphatic rings. The molecule has 1 aromatic rings. The van der Waals surface area contributed by atoms with E-state index in [0.717, 1.165) is 25.7 Å². The summed E-state index contributed by atoms with van der Waals surface area (Å²) in [6.45, 7) is 9.20. The summed E-state index contributed by atoms with van der Waals surface area (Å²) < 4.78 is 11.7. The Morgan fingerprint density at radius 2 is 1.96 bits per heavy atom. The highest BCUT2D eigenvalue weighted by Gasteiger charge is 2.39. The molecule has 2 rings (SSSR count). The zero-order chi connectivity index (χ0) is 17.6. The molecule has 0 aromatic heterocycles. The first-order valence-electron chi connectivity index (χ1n) is 9.06. The molecular formula is C20H31NO3. The molecule has 0 bridgehead atoms. The van der Waals surface area contributed by atoms with Crippen LogP contribution in [0.3, 0.4) is 0 Å². The Balaban J connectivity index is 1.98. The largest absolute Gasteiger partial charge is 0.444 e. The molecule has 24 heavy (non-hydrogen) atoms. The third-order valence-corrected chi connectivity index (χ3v) is 4.27. The highest BCUT2D eigenvalue weighted by Crippen LogP contribution is 2.28. The summed E-state index contributed by atoms with van der Waals surface area (Å²) >= 11 is 0. The second-order valence-corrected chi connectivity index (χ2v) is 7.51. The smallest absolute Gasteiger partial charge is 0.410 e. The van der Waals surface area contributed by atoms with Crippen molar-refractivity contribution in [2.24, 2.45) is 0 Å². The number of rotatable bonds is 6. The molecule has 2 atom stereocenters. The monoisotopic (exact) mass is 333 g/mol. The highest BCUT2D eigenvalue weighted by atomic mass is 16.6. The van der Waals surface area contributed by atoms with E-state index in [1.807, 2.05) is 43.9 Å². The number of hydrogen-bond donors (Lipinski definition) is 0. The van der Waals surface area contributed by atoms with E-state index in [1.54, 1.807) is 0 Å². The first-order chi connectivity index (χ1) is 11.4. The molecule has 1 aliphatic heterocycles. The van der Waals surface area contributed by atoms with Gasteiger partial charge in [0.2, 0.25) is 0 Å². The Morgan fingerprint density at radius 3 is 2.58 bits per heavy atom. The maximum Gasteiger partial charge on any atom is 0.410 e. The van der Waals surface area contributed by atoms with Gasteiger partial charge in [0.05, 0.1) is 18.8 Å². The molecule has 4 heteroatoms. The number of carbonyl (C=O) groups is 1. The molecular weight excluding hydrogens is 302 g/mol. The maximum atomic E-state index is 12.5. The Hall–Kier alpha value is -1.55. The van der Waals surface area contributed by atoms with E-state index in [-0.39, 0.29) is 18.2 Å². The number of nitrogens with zero attached hydrogens (tertiary/aromatic N) is 1. The number of carbonyl (C=O) groups excluding carboxylic acids is 1. The van der Waals surface area contributed by atoms with Gasteiger partial charge in [0.15, 0.2) is 0 Å². The van der Waals surface area contributed by atoms with Crippen molar-refractivity contribution in [1.82, 2.24) is 4.90 Å². The quantitative estimate of drug-likeness (QED) is 0.752. The van der Waals surface area contributed by atoms with Gasteiger partial charge in [0, 0.05) is 6.54 Å². The van der Waals surface area contributed by atoms with Gasteiger partial charge in [-0.1, -0.05) is 50.1 Å². The summed E-state index contributed by atoms with van der Waals surface area (Å²) in [5.74, 6) is 0. The lowest BCUT2D eigenvalue weighted by Crippen LogP contribution is -2.43. The first-order valence-corrected chi connectivity index (χ1v) is 9.06. The molecule has 134 valence electrons. The van der Waals surface area contributed by atoms with E-state index in [0.29, 0.717) is 13.2 Å². The van der Waals surface area contributed by atoms with Crippen LogP contribution in [0.2, 0.25) is 0 Å². The number of unbranched alkanes of at least 4 members (excludes halogenated alkanes) is 1. The number of benzene rings is 1. The maximum absolute atomic E-state index is 12.5. The Labute approximate surface area is 146 Å². The second-order valence-electron chi connectivity index (χ2n) is 7.51. The fourth-order valence-electron chi connectivity index (χ4n) is 3.10. The summed E-state index contributed by atoms with van der Waals surface area (Å²) in [6.07, 6.45) is 3.92. The van der Waals surface area contributed by atoms with Gasteiger partial charge in [-0.3, -0.25) is 0 Å². The van der Waals surface area contributed by atoms with Crippen molar-refractivity contribution in [3.63, 3.8) is 0 Å². The van der Waals surface area contributed by atoms with Gasteiger partial charge in [-0.2, -0.15) is 0 Å². The minimum absolute atomic E-state index is 0.0873. The second kappa shape index (κ2) is 8.52. The van der Waals surface area contributed by atoms with Crippen LogP contribution in [-0.4, -0.2) is 35.3 Å². The summed E-state index contributed by atoms with van der Waals surface area (Å²) in [7, 11) is 0. The third kappa shape index (κ3) is 5.52. The molecule has 2 unspecified atom stereocenters. The number of amides is 1. The average Bonchev–Trinajstić information content (AvgIpc) is 2.93. The zero-order valence-electron chi connectivity index (χ0n) is 15.5. The van der Waals surface area contributed by atoms with E-state index in [9.17, 15) is 4.79 Å². The predicted molar refractivity (Wildman–Crippen MR) is 95.9 cm³/mol. The highest BCUT2D eigenvalue weighted by molar-refractivity contribution is 5.69. The molecule has 0 aliphatic carbocycles. The van der Waals surface area contributed by atoms with Crippen LogP contribution in [0.5, 0.6) is 0 Å². The molecule has 0 N–H and O–H groups in total. The van der Waals surface area contributed by atoms with Crippen molar-refractivity contribution in [3.05, 3.63) is 35.9 Å². The van der Waals surface area contributed by atoms with Crippen molar-refractivity contribution in [1.29, 1.82) is 0 Å². The molecule has 1 fully saturated rings. The van der Waals surface area contributed by atoms with Gasteiger partial charge < -0.3 is 14.4 Å². The van der Waals surface area contributed by atoms with Gasteiger partial charge in [-0.25, -0.2) is 4.79 Å². The van der Waals surface area contributed by atoms with Crippen molar-refractivity contribution in [2.75, 3.05) is 6.54 Å². The van der Waals surface area contributed by atoms with E-state index in [1.165, 1.54) is 5.56 Å². The van der Waals surface area contributed by atoms with Crippen LogP contribution in [0.15, 0.2) is 30.3 Å². The summed E-state index contributed by atoms with van der Waals surface area (Å²) in [4.78, 5) is 14.4. The standard InChI is InChI=1S/C20H31NO3/c1-5-6-12-17-18(23-15-16-10-8-7-9-11-16)13-14-21(17)19(22)24-20(2,3)4/h7-11,17-18H,5-6,12-15H2,1-4H3. The van der Waals surface area contributed by atoms with Crippen LogP contribution < -0.4 is 0 Å². The van der Waals surface area contributed by atoms with Crippen LogP contribution in [0.4, 0.5) is 4.79 Å². The fraction of sp³-hybridized carbons (Fsp3) is 0.650. The molecule has 1 amide bonds. The Bertz CT molecular complexity index is 509. The van der Waals surface area contributed by atoms with E-state index in [2.05, 4.69) is 19.1 Å². The van der Waals surface area contributed by atoms with Crippen molar-refractivity contribution in [3.8, 4) is 0 Å².